The van der Waals surface area contributed by atoms with E-state index < -0.39 is 0 Å². The van der Waals surface area contributed by atoms with Crippen LogP contribution in [0.4, 0.5) is 0 Å². The monoisotopic (exact) mass is 407 g/mol. The summed E-state index contributed by atoms with van der Waals surface area (Å²) in [6.45, 7) is 11.1. The fourth-order valence-electron chi connectivity index (χ4n) is 4.56. The molecule has 0 spiro atoms. The Morgan fingerprint density at radius 1 is 0.839 bits per heavy atom. The Morgan fingerprint density at radius 3 is 2.45 bits per heavy atom. The molecule has 0 atom stereocenters. The minimum Gasteiger partial charge on any atom is -0.455 e. The van der Waals surface area contributed by atoms with Crippen molar-refractivity contribution in [1.29, 1.82) is 0 Å². The Kier molecular flexibility index (Phi) is 4.81. The van der Waals surface area contributed by atoms with Crippen LogP contribution in [0.3, 0.4) is 0 Å². The molecule has 0 amide bonds. The summed E-state index contributed by atoms with van der Waals surface area (Å²) in [6, 6.07) is 19.9. The molecule has 2 heterocycles. The average molecular weight is 408 g/mol. The fraction of sp³-hybridized carbons (Fsp3) is 0.276. The molecule has 156 valence electrons. The second kappa shape index (κ2) is 7.53. The zero-order valence-corrected chi connectivity index (χ0v) is 19.0. The maximum Gasteiger partial charge on any atom is 0.144 e. The Morgan fingerprint density at radius 2 is 1.68 bits per heavy atom. The van der Waals surface area contributed by atoms with Gasteiger partial charge in [0.05, 0.1) is 5.69 Å². The van der Waals surface area contributed by atoms with Gasteiger partial charge in [-0.1, -0.05) is 57.5 Å². The van der Waals surface area contributed by atoms with Gasteiger partial charge in [0.1, 0.15) is 11.2 Å². The molecule has 0 aliphatic heterocycles. The molecular formula is C29H29NO. The summed E-state index contributed by atoms with van der Waals surface area (Å²) in [4.78, 5) is 4.85. The van der Waals surface area contributed by atoms with E-state index in [1.807, 2.05) is 6.20 Å². The highest BCUT2D eigenvalue weighted by Gasteiger charge is 2.18. The van der Waals surface area contributed by atoms with Crippen LogP contribution >= 0.6 is 0 Å². The molecule has 0 bridgehead atoms. The molecule has 3 aromatic carbocycles. The van der Waals surface area contributed by atoms with Gasteiger partial charge >= 0.3 is 0 Å². The quantitative estimate of drug-likeness (QED) is 0.299. The first-order valence-corrected chi connectivity index (χ1v) is 11.3. The average Bonchev–Trinajstić information content (AvgIpc) is 3.10. The van der Waals surface area contributed by atoms with Gasteiger partial charge in [-0.05, 0) is 72.0 Å². The minimum absolute atomic E-state index is 0.422. The minimum atomic E-state index is 0.422. The van der Waals surface area contributed by atoms with Gasteiger partial charge in [0.25, 0.3) is 0 Å². The van der Waals surface area contributed by atoms with E-state index in [1.54, 1.807) is 0 Å². The van der Waals surface area contributed by atoms with Gasteiger partial charge in [-0.25, -0.2) is 0 Å². The first kappa shape index (κ1) is 19.8. The summed E-state index contributed by atoms with van der Waals surface area (Å²) in [5, 5.41) is 4.76. The lowest BCUT2D eigenvalue weighted by molar-refractivity contribution is 0.648. The molecule has 0 aliphatic carbocycles. The maximum absolute atomic E-state index is 6.41. The van der Waals surface area contributed by atoms with Crippen LogP contribution in [-0.4, -0.2) is 4.98 Å². The number of hydrogen-bond acceptors (Lipinski definition) is 2. The number of rotatable bonds is 4. The molecule has 5 rings (SSSR count). The van der Waals surface area contributed by atoms with Crippen LogP contribution in [0.25, 0.3) is 44.0 Å². The Bertz CT molecular complexity index is 1420. The highest BCUT2D eigenvalue weighted by atomic mass is 16.3. The number of furan rings is 1. The fourth-order valence-corrected chi connectivity index (χ4v) is 4.56. The molecule has 0 unspecified atom stereocenters. The number of fused-ring (bicyclic) bond motifs is 4. The van der Waals surface area contributed by atoms with Crippen molar-refractivity contribution in [3.05, 3.63) is 77.5 Å². The van der Waals surface area contributed by atoms with Crippen molar-refractivity contribution in [1.82, 2.24) is 4.98 Å². The molecule has 31 heavy (non-hydrogen) atoms. The number of pyridine rings is 1. The van der Waals surface area contributed by atoms with E-state index in [-0.39, 0.29) is 0 Å². The second-order valence-corrected chi connectivity index (χ2v) is 9.51. The summed E-state index contributed by atoms with van der Waals surface area (Å²) >= 11 is 0. The van der Waals surface area contributed by atoms with Crippen molar-refractivity contribution >= 4 is 32.7 Å². The molecule has 0 radical (unpaired) electrons. The lowest BCUT2D eigenvalue weighted by atomic mass is 9.93. The third-order valence-electron chi connectivity index (χ3n) is 6.14. The molecule has 0 fully saturated rings. The van der Waals surface area contributed by atoms with Crippen LogP contribution in [0.1, 0.15) is 50.3 Å². The number of benzene rings is 3. The van der Waals surface area contributed by atoms with Crippen molar-refractivity contribution in [2.45, 2.75) is 47.0 Å². The normalized spacial score (nSPS) is 12.1. The molecule has 0 N–H and O–H groups in total. The van der Waals surface area contributed by atoms with Crippen LogP contribution in [0.15, 0.2) is 65.2 Å². The highest BCUT2D eigenvalue weighted by Crippen LogP contribution is 2.40. The molecule has 2 nitrogen and oxygen atoms in total. The van der Waals surface area contributed by atoms with Crippen molar-refractivity contribution in [2.75, 3.05) is 0 Å². The first-order valence-electron chi connectivity index (χ1n) is 11.3. The van der Waals surface area contributed by atoms with E-state index in [2.05, 4.69) is 89.2 Å². The van der Waals surface area contributed by atoms with Gasteiger partial charge in [-0.15, -0.1) is 0 Å². The zero-order valence-electron chi connectivity index (χ0n) is 19.0. The number of nitrogens with zero attached hydrogens (tertiary/aromatic N) is 1. The second-order valence-electron chi connectivity index (χ2n) is 9.51. The SMILES string of the molecule is Cc1ccc2oc3c(-c4nccc5cc(CC(C)C)ccc45)cc(C(C)C)cc3c2c1. The summed E-state index contributed by atoms with van der Waals surface area (Å²) in [7, 11) is 0. The van der Waals surface area contributed by atoms with Gasteiger partial charge in [0, 0.05) is 27.9 Å². The van der Waals surface area contributed by atoms with Crippen LogP contribution < -0.4 is 0 Å². The van der Waals surface area contributed by atoms with Crippen LogP contribution in [0.5, 0.6) is 0 Å². The van der Waals surface area contributed by atoms with Crippen molar-refractivity contribution in [2.24, 2.45) is 5.92 Å². The topological polar surface area (TPSA) is 26.0 Å². The summed E-state index contributed by atoms with van der Waals surface area (Å²) in [5.41, 5.74) is 7.86. The predicted octanol–water partition coefficient (Wildman–Crippen LogP) is 8.43. The number of hydrogen-bond donors (Lipinski definition) is 0. The van der Waals surface area contributed by atoms with Gasteiger partial charge in [-0.3, -0.25) is 4.98 Å². The molecule has 0 saturated carbocycles. The smallest absolute Gasteiger partial charge is 0.144 e. The lowest BCUT2D eigenvalue weighted by Gasteiger charge is -2.12. The standard InChI is InChI=1S/C29H29NO/c1-17(2)12-20-7-8-23-21(14-20)10-11-30-28(23)26-16-22(18(3)4)15-25-24-13-19(5)6-9-27(24)31-29(25)26/h6-11,13-18H,12H2,1-5H3. The molecule has 2 aromatic heterocycles. The largest absolute Gasteiger partial charge is 0.455 e. The van der Waals surface area contributed by atoms with Crippen molar-refractivity contribution in [3.63, 3.8) is 0 Å². The maximum atomic E-state index is 6.41. The van der Waals surface area contributed by atoms with Gasteiger partial charge in [-0.2, -0.15) is 0 Å². The Balaban J connectivity index is 1.81. The highest BCUT2D eigenvalue weighted by molar-refractivity contribution is 6.12. The number of aromatic nitrogens is 1. The van der Waals surface area contributed by atoms with Crippen LogP contribution in [0, 0.1) is 12.8 Å². The van der Waals surface area contributed by atoms with Crippen molar-refractivity contribution in [3.8, 4) is 11.3 Å². The Hall–Kier alpha value is -3.13. The Labute approximate surface area is 183 Å². The predicted molar refractivity (Wildman–Crippen MR) is 132 cm³/mol. The van der Waals surface area contributed by atoms with Crippen molar-refractivity contribution < 1.29 is 4.42 Å². The molecule has 0 saturated heterocycles. The van der Waals surface area contributed by atoms with E-state index >= 15 is 0 Å². The van der Waals surface area contributed by atoms with Gasteiger partial charge in [0.15, 0.2) is 0 Å². The van der Waals surface area contributed by atoms with E-state index in [4.69, 9.17) is 9.40 Å². The van der Waals surface area contributed by atoms with E-state index in [9.17, 15) is 0 Å². The summed E-state index contributed by atoms with van der Waals surface area (Å²) < 4.78 is 6.41. The summed E-state index contributed by atoms with van der Waals surface area (Å²) in [6.07, 6.45) is 3.01. The molecule has 0 aliphatic rings. The molecule has 2 heteroatoms. The number of aryl methyl sites for hydroxylation is 1. The lowest BCUT2D eigenvalue weighted by Crippen LogP contribution is -1.95. The molecule has 5 aromatic rings. The van der Waals surface area contributed by atoms with Gasteiger partial charge in [0.2, 0.25) is 0 Å². The summed E-state index contributed by atoms with van der Waals surface area (Å²) in [5.74, 6) is 1.06. The molecular weight excluding hydrogens is 378 g/mol. The first-order chi connectivity index (χ1) is 14.9. The third kappa shape index (κ3) is 3.50. The third-order valence-corrected chi connectivity index (χ3v) is 6.14. The van der Waals surface area contributed by atoms with E-state index in [1.165, 1.54) is 38.2 Å². The van der Waals surface area contributed by atoms with Crippen LogP contribution in [0.2, 0.25) is 0 Å². The van der Waals surface area contributed by atoms with Gasteiger partial charge < -0.3 is 4.42 Å². The van der Waals surface area contributed by atoms with E-state index in [0.717, 1.165) is 28.8 Å². The van der Waals surface area contributed by atoms with Crippen LogP contribution in [-0.2, 0) is 6.42 Å². The van der Waals surface area contributed by atoms with E-state index in [0.29, 0.717) is 11.8 Å². The zero-order chi connectivity index (χ0) is 21.7.